The molecule has 0 heterocycles. The molecule has 0 aromatic carbocycles. The van der Waals surface area contributed by atoms with Gasteiger partial charge in [0, 0.05) is 19.4 Å². The van der Waals surface area contributed by atoms with Crippen molar-refractivity contribution < 1.29 is 42.7 Å². The molecule has 0 aromatic heterocycles. The first kappa shape index (κ1) is 55.4. The third kappa shape index (κ3) is 43.0. The Balaban J connectivity index is 4.23. The Morgan fingerprint density at radius 3 is 1.55 bits per heavy atom. The van der Waals surface area contributed by atoms with Crippen LogP contribution >= 0.6 is 7.82 Å². The van der Waals surface area contributed by atoms with Crippen molar-refractivity contribution in [2.24, 2.45) is 5.73 Å². The first-order chi connectivity index (χ1) is 28.2. The fourth-order valence-corrected chi connectivity index (χ4v) is 6.50. The topological polar surface area (TPSA) is 155 Å². The van der Waals surface area contributed by atoms with Gasteiger partial charge in [0.25, 0.3) is 0 Å². The Morgan fingerprint density at radius 2 is 1.03 bits per heavy atom. The second-order valence-electron chi connectivity index (χ2n) is 14.8. The van der Waals surface area contributed by atoms with E-state index >= 15 is 0 Å². The molecule has 4 N–H and O–H groups in total. The molecule has 0 rings (SSSR count). The number of phosphoric acid groups is 1. The van der Waals surface area contributed by atoms with E-state index in [4.69, 9.17) is 24.3 Å². The van der Waals surface area contributed by atoms with E-state index in [2.05, 4.69) is 73.8 Å². The SMILES string of the molecule is CCCCC/C=C\C/C=C\CCCCCCCCCCCC(=O)OC[C@H](COP(=O)(O)OCCN)OC(=O)CCC/C=C\C/C=C\C/C=C\C/C=C\CCC[C@H](C)O. The molecule has 0 aliphatic heterocycles. The van der Waals surface area contributed by atoms with Crippen LogP contribution in [-0.4, -0.2) is 60.5 Å². The summed E-state index contributed by atoms with van der Waals surface area (Å²) in [6.07, 6.45) is 49.2. The number of aliphatic hydroxyl groups is 1. The van der Waals surface area contributed by atoms with E-state index in [9.17, 15) is 24.2 Å². The third-order valence-electron chi connectivity index (χ3n) is 9.08. The summed E-state index contributed by atoms with van der Waals surface area (Å²) < 4.78 is 32.7. The first-order valence-electron chi connectivity index (χ1n) is 22.4. The molecule has 0 amide bonds. The maximum Gasteiger partial charge on any atom is 0.472 e. The van der Waals surface area contributed by atoms with Crippen molar-refractivity contribution in [1.82, 2.24) is 0 Å². The van der Waals surface area contributed by atoms with E-state index in [1.807, 2.05) is 13.0 Å². The van der Waals surface area contributed by atoms with Crippen LogP contribution in [0, 0.1) is 0 Å². The fourth-order valence-electron chi connectivity index (χ4n) is 5.73. The minimum Gasteiger partial charge on any atom is -0.462 e. The summed E-state index contributed by atoms with van der Waals surface area (Å²) in [5, 5.41) is 9.27. The highest BCUT2D eigenvalue weighted by Crippen LogP contribution is 2.43. The molecule has 3 atom stereocenters. The monoisotopic (exact) mass is 836 g/mol. The standard InChI is InChI=1S/C47H82NO9P/c1-3-4-5-6-7-8-9-10-11-12-13-14-17-20-23-26-29-32-35-38-46(50)54-42-45(43-56-58(52,53)55-41-40-48)57-47(51)39-36-33-30-27-24-21-18-15-16-19-22-25-28-31-34-37-44(2)49/h7-8,10-11,16,18-19,21,25,27-28,30,44-45,49H,3-6,9,12-15,17,20,22-24,26,29,31-43,48H2,1-2H3,(H,52,53)/b8-7-,11-10-,19-16-,21-18-,28-25-,30-27-/t44-,45+/m0/s1. The Morgan fingerprint density at radius 1 is 0.586 bits per heavy atom. The molecule has 0 saturated heterocycles. The van der Waals surface area contributed by atoms with Gasteiger partial charge in [0.1, 0.15) is 6.61 Å². The van der Waals surface area contributed by atoms with Crippen molar-refractivity contribution in [3.05, 3.63) is 72.9 Å². The van der Waals surface area contributed by atoms with Crippen LogP contribution in [0.1, 0.15) is 174 Å². The Bertz CT molecular complexity index is 1190. The quantitative estimate of drug-likeness (QED) is 0.0235. The molecule has 0 saturated carbocycles. The molecule has 0 aliphatic rings. The van der Waals surface area contributed by atoms with E-state index in [-0.39, 0.29) is 38.7 Å². The zero-order chi connectivity index (χ0) is 42.6. The molecule has 11 heteroatoms. The highest BCUT2D eigenvalue weighted by Gasteiger charge is 2.26. The zero-order valence-electron chi connectivity index (χ0n) is 36.4. The number of hydrogen-bond donors (Lipinski definition) is 3. The van der Waals surface area contributed by atoms with Crippen molar-refractivity contribution >= 4 is 19.8 Å². The zero-order valence-corrected chi connectivity index (χ0v) is 37.3. The van der Waals surface area contributed by atoms with E-state index in [1.165, 1.54) is 57.8 Å². The van der Waals surface area contributed by atoms with Gasteiger partial charge in [-0.25, -0.2) is 4.57 Å². The number of phosphoric ester groups is 1. The highest BCUT2D eigenvalue weighted by atomic mass is 31.2. The van der Waals surface area contributed by atoms with Gasteiger partial charge in [-0.3, -0.25) is 18.6 Å². The smallest absolute Gasteiger partial charge is 0.462 e. The highest BCUT2D eigenvalue weighted by molar-refractivity contribution is 7.47. The molecule has 10 nitrogen and oxygen atoms in total. The van der Waals surface area contributed by atoms with Crippen molar-refractivity contribution in [2.45, 2.75) is 187 Å². The number of esters is 2. The molecule has 1 unspecified atom stereocenters. The predicted octanol–water partition coefficient (Wildman–Crippen LogP) is 12.0. The lowest BCUT2D eigenvalue weighted by atomic mass is 10.1. The van der Waals surface area contributed by atoms with Crippen molar-refractivity contribution in [3.63, 3.8) is 0 Å². The van der Waals surface area contributed by atoms with Crippen LogP contribution in [0.15, 0.2) is 72.9 Å². The second-order valence-corrected chi connectivity index (χ2v) is 16.3. The normalized spacial score (nSPS) is 14.5. The van der Waals surface area contributed by atoms with Crippen LogP contribution in [0.25, 0.3) is 0 Å². The summed E-state index contributed by atoms with van der Waals surface area (Å²) in [4.78, 5) is 34.9. The Labute approximate surface area is 353 Å². The summed E-state index contributed by atoms with van der Waals surface area (Å²) in [5.74, 6) is -0.920. The van der Waals surface area contributed by atoms with Gasteiger partial charge in [-0.05, 0) is 96.8 Å². The average molecular weight is 836 g/mol. The van der Waals surface area contributed by atoms with Gasteiger partial charge in [0.05, 0.1) is 19.3 Å². The number of carbonyl (C=O) groups excluding carboxylic acids is 2. The van der Waals surface area contributed by atoms with Gasteiger partial charge < -0.3 is 25.2 Å². The lowest BCUT2D eigenvalue weighted by Crippen LogP contribution is -2.29. The van der Waals surface area contributed by atoms with E-state index in [0.29, 0.717) is 19.3 Å². The molecular weight excluding hydrogens is 753 g/mol. The van der Waals surface area contributed by atoms with Crippen LogP contribution < -0.4 is 5.73 Å². The minimum atomic E-state index is -4.41. The molecule has 0 spiro atoms. The summed E-state index contributed by atoms with van der Waals surface area (Å²) in [7, 11) is -4.41. The van der Waals surface area contributed by atoms with Crippen LogP contribution in [-0.2, 0) is 32.7 Å². The largest absolute Gasteiger partial charge is 0.472 e. The molecule has 58 heavy (non-hydrogen) atoms. The van der Waals surface area contributed by atoms with Gasteiger partial charge >= 0.3 is 19.8 Å². The summed E-state index contributed by atoms with van der Waals surface area (Å²) in [6.45, 7) is 3.17. The number of nitrogens with two attached hydrogens (primary N) is 1. The van der Waals surface area contributed by atoms with E-state index < -0.39 is 32.5 Å². The van der Waals surface area contributed by atoms with Gasteiger partial charge in [0.15, 0.2) is 6.10 Å². The lowest BCUT2D eigenvalue weighted by molar-refractivity contribution is -0.161. The van der Waals surface area contributed by atoms with E-state index in [1.54, 1.807) is 0 Å². The lowest BCUT2D eigenvalue weighted by Gasteiger charge is -2.19. The molecule has 334 valence electrons. The number of carbonyl (C=O) groups is 2. The van der Waals surface area contributed by atoms with Crippen molar-refractivity contribution in [1.29, 1.82) is 0 Å². The summed E-state index contributed by atoms with van der Waals surface area (Å²) in [5.41, 5.74) is 5.34. The van der Waals surface area contributed by atoms with Gasteiger partial charge in [0.2, 0.25) is 0 Å². The molecular formula is C47H82NO9P. The van der Waals surface area contributed by atoms with Crippen molar-refractivity contribution in [2.75, 3.05) is 26.4 Å². The van der Waals surface area contributed by atoms with E-state index in [0.717, 1.165) is 70.6 Å². The average Bonchev–Trinajstić information content (AvgIpc) is 3.20. The van der Waals surface area contributed by atoms with Crippen LogP contribution in [0.4, 0.5) is 0 Å². The predicted molar refractivity (Wildman–Crippen MR) is 239 cm³/mol. The van der Waals surface area contributed by atoms with Crippen LogP contribution in [0.5, 0.6) is 0 Å². The Hall–Kier alpha value is -2.59. The first-order valence-corrected chi connectivity index (χ1v) is 23.9. The minimum absolute atomic E-state index is 0.0355. The number of rotatable bonds is 41. The Kier molecular flexibility index (Phi) is 40.6. The van der Waals surface area contributed by atoms with Crippen LogP contribution in [0.2, 0.25) is 0 Å². The molecule has 0 bridgehead atoms. The van der Waals surface area contributed by atoms with Gasteiger partial charge in [-0.1, -0.05) is 138 Å². The summed E-state index contributed by atoms with van der Waals surface area (Å²) in [6, 6.07) is 0. The fraction of sp³-hybridized carbons (Fsp3) is 0.702. The molecule has 0 aromatic rings. The molecule has 0 radical (unpaired) electrons. The number of allylic oxidation sites excluding steroid dienone is 12. The second kappa shape index (κ2) is 42.5. The number of ether oxygens (including phenoxy) is 2. The molecule has 0 fully saturated rings. The van der Waals surface area contributed by atoms with Gasteiger partial charge in [-0.2, -0.15) is 0 Å². The van der Waals surface area contributed by atoms with Crippen LogP contribution in [0.3, 0.4) is 0 Å². The van der Waals surface area contributed by atoms with Crippen molar-refractivity contribution in [3.8, 4) is 0 Å². The maximum absolute atomic E-state index is 12.6. The van der Waals surface area contributed by atoms with Gasteiger partial charge in [-0.15, -0.1) is 0 Å². The molecule has 0 aliphatic carbocycles. The number of hydrogen-bond acceptors (Lipinski definition) is 9. The number of unbranched alkanes of at least 4 members (excludes halogenated alkanes) is 14. The number of aliphatic hydroxyl groups excluding tert-OH is 1. The summed E-state index contributed by atoms with van der Waals surface area (Å²) >= 11 is 0. The third-order valence-corrected chi connectivity index (χ3v) is 10.1. The maximum atomic E-state index is 12.6.